The minimum absolute atomic E-state index is 0.0949. The predicted octanol–water partition coefficient (Wildman–Crippen LogP) is 1.41. The van der Waals surface area contributed by atoms with Crippen molar-refractivity contribution < 1.29 is 4.79 Å². The van der Waals surface area contributed by atoms with Crippen LogP contribution >= 0.6 is 0 Å². The molecule has 1 aromatic rings. The van der Waals surface area contributed by atoms with E-state index in [0.717, 1.165) is 9.92 Å². The number of carbonyl (C=O) groups excluding carboxylic acids is 1. The fraction of sp³-hybridized carbons (Fsp3) is 0.100. The van der Waals surface area contributed by atoms with Crippen molar-refractivity contribution in [2.75, 3.05) is 0 Å². The van der Waals surface area contributed by atoms with Crippen molar-refractivity contribution in [3.63, 3.8) is 0 Å². The van der Waals surface area contributed by atoms with E-state index in [4.69, 9.17) is 0 Å². The van der Waals surface area contributed by atoms with Gasteiger partial charge in [-0.1, -0.05) is 0 Å². The molecule has 0 saturated carbocycles. The van der Waals surface area contributed by atoms with Crippen molar-refractivity contribution in [2.24, 2.45) is 0 Å². The van der Waals surface area contributed by atoms with Gasteiger partial charge in [0.15, 0.2) is 0 Å². The first-order valence-electron chi connectivity index (χ1n) is 3.73. The van der Waals surface area contributed by atoms with Crippen LogP contribution in [0.5, 0.6) is 0 Å². The molecule has 0 aliphatic rings. The molecule has 1 aromatic carbocycles. The third-order valence-electron chi connectivity index (χ3n) is 1.42. The van der Waals surface area contributed by atoms with Crippen LogP contribution in [0.25, 0.3) is 0 Å². The number of rotatable bonds is 2. The van der Waals surface area contributed by atoms with E-state index in [1.165, 1.54) is 16.9 Å². The Morgan fingerprint density at radius 1 is 1.33 bits per heavy atom. The molecule has 0 amide bonds. The summed E-state index contributed by atoms with van der Waals surface area (Å²) in [6, 6.07) is 9.31. The van der Waals surface area contributed by atoms with Crippen molar-refractivity contribution in [2.45, 2.75) is 6.92 Å². The Morgan fingerprint density at radius 3 is 2.42 bits per heavy atom. The van der Waals surface area contributed by atoms with Gasteiger partial charge in [0.05, 0.1) is 0 Å². The Morgan fingerprint density at radius 2 is 1.92 bits per heavy atom. The summed E-state index contributed by atoms with van der Waals surface area (Å²) >= 11 is 1.49. The van der Waals surface area contributed by atoms with Gasteiger partial charge in [-0.05, 0) is 0 Å². The van der Waals surface area contributed by atoms with Gasteiger partial charge in [0.2, 0.25) is 0 Å². The predicted molar refractivity (Wildman–Crippen MR) is 53.1 cm³/mol. The van der Waals surface area contributed by atoms with Gasteiger partial charge in [-0.3, -0.25) is 0 Å². The van der Waals surface area contributed by atoms with E-state index in [0.29, 0.717) is 0 Å². The summed E-state index contributed by atoms with van der Waals surface area (Å²) in [7, 11) is 0. The van der Waals surface area contributed by atoms with Crippen LogP contribution < -0.4 is 0 Å². The normalized spacial score (nSPS) is 11.3. The van der Waals surface area contributed by atoms with Gasteiger partial charge in [0.25, 0.3) is 0 Å². The monoisotopic (exact) mass is 222 g/mol. The molecule has 0 fully saturated rings. The SMILES string of the molecule is C/C([AsH2])=C/C(=O)c1ccccc1. The Hall–Kier alpha value is -0.812. The average molecular weight is 222 g/mol. The second-order valence-electron chi connectivity index (χ2n) is 2.62. The van der Waals surface area contributed by atoms with Crippen molar-refractivity contribution in [1.29, 1.82) is 0 Å². The molecule has 0 radical (unpaired) electrons. The van der Waals surface area contributed by atoms with Gasteiger partial charge in [-0.15, -0.1) is 0 Å². The zero-order chi connectivity index (χ0) is 8.97. The summed E-state index contributed by atoms with van der Waals surface area (Å²) in [5.41, 5.74) is 0.759. The maximum atomic E-state index is 11.4. The first-order chi connectivity index (χ1) is 5.70. The molecule has 0 aliphatic heterocycles. The van der Waals surface area contributed by atoms with Crippen LogP contribution in [0.15, 0.2) is 40.8 Å². The first-order valence-corrected chi connectivity index (χ1v) is 4.94. The van der Waals surface area contributed by atoms with Crippen molar-refractivity contribution >= 4 is 22.6 Å². The molecule has 12 heavy (non-hydrogen) atoms. The molecule has 1 nitrogen and oxygen atoms in total. The quantitative estimate of drug-likeness (QED) is 0.420. The molecular weight excluding hydrogens is 211 g/mol. The second kappa shape index (κ2) is 4.27. The molecule has 0 spiro atoms. The van der Waals surface area contributed by atoms with Crippen molar-refractivity contribution in [3.05, 3.63) is 46.3 Å². The zero-order valence-electron chi connectivity index (χ0n) is 6.95. The maximum absolute atomic E-state index is 11.4. The van der Waals surface area contributed by atoms with E-state index in [2.05, 4.69) is 0 Å². The Balaban J connectivity index is 2.87. The molecule has 0 saturated heterocycles. The van der Waals surface area contributed by atoms with Crippen LogP contribution in [0, 0.1) is 0 Å². The third-order valence-corrected chi connectivity index (χ3v) is 1.77. The Labute approximate surface area is 81.0 Å². The molecule has 1 unspecified atom stereocenters. The number of ketones is 1. The molecule has 0 aliphatic carbocycles. The van der Waals surface area contributed by atoms with Crippen molar-refractivity contribution in [3.8, 4) is 0 Å². The number of hydrogen-bond acceptors (Lipinski definition) is 1. The number of allylic oxidation sites excluding steroid dienone is 2. The van der Waals surface area contributed by atoms with E-state index in [-0.39, 0.29) is 5.78 Å². The summed E-state index contributed by atoms with van der Waals surface area (Å²) in [6.07, 6.45) is 1.68. The summed E-state index contributed by atoms with van der Waals surface area (Å²) < 4.78 is 1.09. The average Bonchev–Trinajstić information content (AvgIpc) is 2.05. The fourth-order valence-electron chi connectivity index (χ4n) is 0.893. The fourth-order valence-corrected chi connectivity index (χ4v) is 1.21. The molecule has 62 valence electrons. The molecule has 0 heterocycles. The van der Waals surface area contributed by atoms with E-state index in [1.54, 1.807) is 6.08 Å². The molecule has 1 atom stereocenters. The minimum atomic E-state index is 0.0949. The van der Waals surface area contributed by atoms with Crippen LogP contribution in [-0.4, -0.2) is 22.6 Å². The molecule has 0 bridgehead atoms. The molecule has 0 aromatic heterocycles. The number of carbonyl (C=O) groups is 1. The first kappa shape index (κ1) is 9.28. The van der Waals surface area contributed by atoms with Crippen LogP contribution in [-0.2, 0) is 0 Å². The third kappa shape index (κ3) is 2.67. The number of hydrogen-bond donors (Lipinski definition) is 0. The van der Waals surface area contributed by atoms with E-state index in [1.807, 2.05) is 37.3 Å². The molecule has 0 N–H and O–H groups in total. The van der Waals surface area contributed by atoms with Crippen molar-refractivity contribution in [1.82, 2.24) is 0 Å². The summed E-state index contributed by atoms with van der Waals surface area (Å²) in [6.45, 7) is 1.95. The Kier molecular flexibility index (Phi) is 3.30. The Bertz CT molecular complexity index is 297. The van der Waals surface area contributed by atoms with Crippen LogP contribution in [0.4, 0.5) is 0 Å². The van der Waals surface area contributed by atoms with Crippen LogP contribution in [0.1, 0.15) is 17.3 Å². The summed E-state index contributed by atoms with van der Waals surface area (Å²) in [4.78, 5) is 11.4. The summed E-state index contributed by atoms with van der Waals surface area (Å²) in [5, 5.41) is 0. The molecule has 2 heteroatoms. The van der Waals surface area contributed by atoms with Gasteiger partial charge in [-0.2, -0.15) is 0 Å². The second-order valence-corrected chi connectivity index (χ2v) is 4.53. The van der Waals surface area contributed by atoms with E-state index < -0.39 is 0 Å². The summed E-state index contributed by atoms with van der Waals surface area (Å²) in [5.74, 6) is 0.0949. The van der Waals surface area contributed by atoms with Gasteiger partial charge in [0.1, 0.15) is 0 Å². The van der Waals surface area contributed by atoms with E-state index >= 15 is 0 Å². The van der Waals surface area contributed by atoms with Crippen LogP contribution in [0.2, 0.25) is 0 Å². The van der Waals surface area contributed by atoms with Gasteiger partial charge in [0, 0.05) is 0 Å². The molecule has 1 rings (SSSR count). The topological polar surface area (TPSA) is 17.1 Å². The van der Waals surface area contributed by atoms with Crippen LogP contribution in [0.3, 0.4) is 0 Å². The van der Waals surface area contributed by atoms with Gasteiger partial charge in [-0.25, -0.2) is 0 Å². The van der Waals surface area contributed by atoms with Gasteiger partial charge >= 0.3 is 80.7 Å². The standard InChI is InChI=1S/C10H11AsO/c1-8(11)7-10(12)9-5-3-2-4-6-9/h2-7H,11H2,1H3/b8-7-. The van der Waals surface area contributed by atoms with Gasteiger partial charge < -0.3 is 0 Å². The van der Waals surface area contributed by atoms with E-state index in [9.17, 15) is 4.79 Å². The number of benzene rings is 1. The zero-order valence-corrected chi connectivity index (χ0v) is 9.37. The molecular formula is C10H11AsO.